The van der Waals surface area contributed by atoms with Crippen molar-refractivity contribution in [3.05, 3.63) is 35.4 Å². The minimum atomic E-state index is -0.646. The summed E-state index contributed by atoms with van der Waals surface area (Å²) >= 11 is 0. The Hall–Kier alpha value is -1.29. The molecule has 1 saturated carbocycles. The van der Waals surface area contributed by atoms with Gasteiger partial charge in [-0.05, 0) is 49.3 Å². The first-order chi connectivity index (χ1) is 9.45. The molecule has 2 rings (SSSR count). The average molecular weight is 281 g/mol. The normalized spacial score (nSPS) is 26.5. The van der Waals surface area contributed by atoms with Gasteiger partial charge < -0.3 is 5.73 Å². The molecule has 0 unspecified atom stereocenters. The zero-order valence-corrected chi connectivity index (χ0v) is 11.8. The monoisotopic (exact) mass is 281 g/mol. The summed E-state index contributed by atoms with van der Waals surface area (Å²) in [5.74, 6) is -0.662. The second kappa shape index (κ2) is 6.00. The van der Waals surface area contributed by atoms with Crippen LogP contribution in [-0.2, 0) is 11.2 Å². The van der Waals surface area contributed by atoms with Crippen LogP contribution in [0.5, 0.6) is 0 Å². The molecule has 0 heterocycles. The SMILES string of the molecule is CC1CCC(CN)(C(=O)Cc2cc(F)cc(F)c2)CC1. The molecule has 0 spiro atoms. The van der Waals surface area contributed by atoms with E-state index < -0.39 is 17.0 Å². The zero-order valence-electron chi connectivity index (χ0n) is 11.8. The van der Waals surface area contributed by atoms with E-state index in [-0.39, 0.29) is 12.2 Å². The Labute approximate surface area is 118 Å². The van der Waals surface area contributed by atoms with Gasteiger partial charge in [0, 0.05) is 24.4 Å². The van der Waals surface area contributed by atoms with Gasteiger partial charge in [0.1, 0.15) is 17.4 Å². The van der Waals surface area contributed by atoms with Gasteiger partial charge in [-0.1, -0.05) is 6.92 Å². The Balaban J connectivity index is 2.13. The van der Waals surface area contributed by atoms with Gasteiger partial charge in [-0.15, -0.1) is 0 Å². The topological polar surface area (TPSA) is 43.1 Å². The maximum atomic E-state index is 13.2. The van der Waals surface area contributed by atoms with Crippen LogP contribution in [0.4, 0.5) is 8.78 Å². The van der Waals surface area contributed by atoms with Crippen LogP contribution in [0.15, 0.2) is 18.2 Å². The number of nitrogens with two attached hydrogens (primary N) is 1. The van der Waals surface area contributed by atoms with E-state index >= 15 is 0 Å². The van der Waals surface area contributed by atoms with Crippen LogP contribution in [0.25, 0.3) is 0 Å². The summed E-state index contributed by atoms with van der Waals surface area (Å²) in [7, 11) is 0. The summed E-state index contributed by atoms with van der Waals surface area (Å²) in [6, 6.07) is 3.25. The average Bonchev–Trinajstić information content (AvgIpc) is 2.38. The molecule has 0 amide bonds. The van der Waals surface area contributed by atoms with Crippen molar-refractivity contribution < 1.29 is 13.6 Å². The third kappa shape index (κ3) is 3.23. The molecule has 0 aliphatic heterocycles. The van der Waals surface area contributed by atoms with E-state index in [1.807, 2.05) is 0 Å². The molecule has 1 aromatic rings. The molecule has 0 aromatic heterocycles. The number of ketones is 1. The van der Waals surface area contributed by atoms with Crippen LogP contribution in [0.3, 0.4) is 0 Å². The molecule has 1 fully saturated rings. The van der Waals surface area contributed by atoms with E-state index in [0.29, 0.717) is 18.0 Å². The highest BCUT2D eigenvalue weighted by atomic mass is 19.1. The van der Waals surface area contributed by atoms with Gasteiger partial charge in [-0.3, -0.25) is 4.79 Å². The highest BCUT2D eigenvalue weighted by Crippen LogP contribution is 2.39. The van der Waals surface area contributed by atoms with Crippen molar-refractivity contribution in [2.45, 2.75) is 39.0 Å². The van der Waals surface area contributed by atoms with Crippen LogP contribution in [-0.4, -0.2) is 12.3 Å². The molecule has 20 heavy (non-hydrogen) atoms. The molecule has 1 aromatic carbocycles. The second-order valence-electron chi connectivity index (χ2n) is 6.04. The maximum absolute atomic E-state index is 13.2. The van der Waals surface area contributed by atoms with E-state index in [2.05, 4.69) is 6.92 Å². The minimum Gasteiger partial charge on any atom is -0.329 e. The molecule has 0 atom stereocenters. The Kier molecular flexibility index (Phi) is 4.53. The van der Waals surface area contributed by atoms with E-state index in [9.17, 15) is 13.6 Å². The van der Waals surface area contributed by atoms with Crippen LogP contribution in [0, 0.1) is 23.0 Å². The van der Waals surface area contributed by atoms with E-state index in [1.54, 1.807) is 0 Å². The standard InChI is InChI=1S/C16H21F2NO/c1-11-2-4-16(10-19,5-3-11)15(20)8-12-6-13(17)9-14(18)7-12/h6-7,9,11H,2-5,8,10,19H2,1H3. The number of halogens is 2. The fourth-order valence-electron chi connectivity index (χ4n) is 3.00. The van der Waals surface area contributed by atoms with Crippen molar-refractivity contribution in [2.75, 3.05) is 6.54 Å². The van der Waals surface area contributed by atoms with Crippen LogP contribution in [0.1, 0.15) is 38.2 Å². The van der Waals surface area contributed by atoms with Crippen LogP contribution in [0.2, 0.25) is 0 Å². The van der Waals surface area contributed by atoms with Crippen molar-refractivity contribution in [3.63, 3.8) is 0 Å². The number of rotatable bonds is 4. The Bertz CT molecular complexity index is 473. The third-order valence-corrected chi connectivity index (χ3v) is 4.50. The summed E-state index contributed by atoms with van der Waals surface area (Å²) in [5, 5.41) is 0. The summed E-state index contributed by atoms with van der Waals surface area (Å²) in [5.41, 5.74) is 5.71. The lowest BCUT2D eigenvalue weighted by atomic mass is 9.67. The first-order valence-electron chi connectivity index (χ1n) is 7.13. The predicted octanol–water partition coefficient (Wildman–Crippen LogP) is 3.23. The van der Waals surface area contributed by atoms with E-state index in [1.165, 1.54) is 12.1 Å². The molecular formula is C16H21F2NO. The molecule has 1 aliphatic rings. The molecule has 110 valence electrons. The summed E-state index contributed by atoms with van der Waals surface area (Å²) < 4.78 is 26.3. The number of Topliss-reactive ketones (excluding diaryl/α,β-unsaturated/α-hetero) is 1. The van der Waals surface area contributed by atoms with Crippen LogP contribution >= 0.6 is 0 Å². The van der Waals surface area contributed by atoms with Crippen molar-refractivity contribution in [2.24, 2.45) is 17.1 Å². The quantitative estimate of drug-likeness (QED) is 0.920. The highest BCUT2D eigenvalue weighted by molar-refractivity contribution is 5.87. The van der Waals surface area contributed by atoms with Gasteiger partial charge in [0.05, 0.1) is 0 Å². The largest absolute Gasteiger partial charge is 0.329 e. The smallest absolute Gasteiger partial charge is 0.144 e. The summed E-state index contributed by atoms with van der Waals surface area (Å²) in [6.45, 7) is 2.49. The van der Waals surface area contributed by atoms with Crippen molar-refractivity contribution >= 4 is 5.78 Å². The molecule has 2 nitrogen and oxygen atoms in total. The number of carbonyl (C=O) groups is 1. The van der Waals surface area contributed by atoms with Gasteiger partial charge >= 0.3 is 0 Å². The molecule has 0 bridgehead atoms. The first-order valence-corrected chi connectivity index (χ1v) is 7.13. The van der Waals surface area contributed by atoms with Crippen molar-refractivity contribution in [3.8, 4) is 0 Å². The molecule has 2 N–H and O–H groups in total. The Morgan fingerprint density at radius 1 is 1.25 bits per heavy atom. The number of benzene rings is 1. The minimum absolute atomic E-state index is 0.0110. The fourth-order valence-corrected chi connectivity index (χ4v) is 3.00. The fraction of sp³-hybridized carbons (Fsp3) is 0.562. The lowest BCUT2D eigenvalue weighted by Crippen LogP contribution is -2.42. The highest BCUT2D eigenvalue weighted by Gasteiger charge is 2.39. The number of hydrogen-bond donors (Lipinski definition) is 1. The maximum Gasteiger partial charge on any atom is 0.144 e. The van der Waals surface area contributed by atoms with E-state index in [0.717, 1.165) is 31.7 Å². The second-order valence-corrected chi connectivity index (χ2v) is 6.04. The lowest BCUT2D eigenvalue weighted by molar-refractivity contribution is -0.129. The van der Waals surface area contributed by atoms with Gasteiger partial charge in [0.25, 0.3) is 0 Å². The lowest BCUT2D eigenvalue weighted by Gasteiger charge is -2.37. The van der Waals surface area contributed by atoms with Gasteiger partial charge in [-0.2, -0.15) is 0 Å². The van der Waals surface area contributed by atoms with Gasteiger partial charge in [0.2, 0.25) is 0 Å². The molecule has 0 saturated heterocycles. The first kappa shape index (κ1) is 15.1. The van der Waals surface area contributed by atoms with Gasteiger partial charge in [0.15, 0.2) is 0 Å². The summed E-state index contributed by atoms with van der Waals surface area (Å²) in [6.07, 6.45) is 3.59. The predicted molar refractivity (Wildman–Crippen MR) is 74.2 cm³/mol. The summed E-state index contributed by atoms with van der Waals surface area (Å²) in [4.78, 5) is 12.5. The molecular weight excluding hydrogens is 260 g/mol. The molecule has 0 radical (unpaired) electrons. The third-order valence-electron chi connectivity index (χ3n) is 4.50. The Morgan fingerprint density at radius 2 is 1.80 bits per heavy atom. The number of carbonyl (C=O) groups excluding carboxylic acids is 1. The Morgan fingerprint density at radius 3 is 2.30 bits per heavy atom. The molecule has 1 aliphatic carbocycles. The van der Waals surface area contributed by atoms with Crippen LogP contribution < -0.4 is 5.73 Å². The van der Waals surface area contributed by atoms with Gasteiger partial charge in [-0.25, -0.2) is 8.78 Å². The van der Waals surface area contributed by atoms with Crippen molar-refractivity contribution in [1.29, 1.82) is 0 Å². The molecule has 4 heteroatoms. The van der Waals surface area contributed by atoms with E-state index in [4.69, 9.17) is 5.73 Å². The van der Waals surface area contributed by atoms with Crippen molar-refractivity contribution in [1.82, 2.24) is 0 Å². The number of hydrogen-bond acceptors (Lipinski definition) is 2. The zero-order chi connectivity index (χ0) is 14.8.